The van der Waals surface area contributed by atoms with Crippen molar-refractivity contribution in [3.63, 3.8) is 0 Å². The van der Waals surface area contributed by atoms with Gasteiger partial charge in [0.15, 0.2) is 0 Å². The number of hydrogen-bond donors (Lipinski definition) is 1. The van der Waals surface area contributed by atoms with Crippen LogP contribution in [-0.2, 0) is 15.9 Å². The number of nitrogens with zero attached hydrogens (tertiary/aromatic N) is 6. The Kier molecular flexibility index (Phi) is 4.22. The highest BCUT2D eigenvalue weighted by atomic mass is 35.5. The Morgan fingerprint density at radius 2 is 1.89 bits per heavy atom. The van der Waals surface area contributed by atoms with E-state index in [9.17, 15) is 0 Å². The molecule has 0 aromatic carbocycles. The van der Waals surface area contributed by atoms with Gasteiger partial charge in [-0.1, -0.05) is 11.6 Å². The lowest BCUT2D eigenvalue weighted by Gasteiger charge is -2.32. The van der Waals surface area contributed by atoms with Gasteiger partial charge in [0.25, 0.3) is 0 Å². The first kappa shape index (κ1) is 16.9. The van der Waals surface area contributed by atoms with E-state index in [1.165, 1.54) is 0 Å². The summed E-state index contributed by atoms with van der Waals surface area (Å²) >= 11 is 6.39. The maximum absolute atomic E-state index is 6.39. The quantitative estimate of drug-likeness (QED) is 0.746. The Morgan fingerprint density at radius 1 is 1.07 bits per heavy atom. The summed E-state index contributed by atoms with van der Waals surface area (Å²) in [5, 5.41) is 0.303. The Bertz CT molecular complexity index is 875. The molecular formula is C17H20ClN7O2. The number of anilines is 3. The van der Waals surface area contributed by atoms with Crippen LogP contribution < -0.4 is 15.5 Å². The Hall–Kier alpha value is -2.23. The first-order valence-corrected chi connectivity index (χ1v) is 9.45. The monoisotopic (exact) mass is 389 g/mol. The number of rotatable bonds is 2. The first-order valence-electron chi connectivity index (χ1n) is 9.07. The summed E-state index contributed by atoms with van der Waals surface area (Å²) in [6, 6.07) is 0.273. The van der Waals surface area contributed by atoms with Crippen LogP contribution in [-0.4, -0.2) is 72.0 Å². The molecule has 0 saturated carbocycles. The second-order valence-electron chi connectivity index (χ2n) is 6.83. The van der Waals surface area contributed by atoms with Crippen molar-refractivity contribution in [3.8, 4) is 11.3 Å². The lowest BCUT2D eigenvalue weighted by molar-refractivity contribution is 0.0974. The zero-order valence-electron chi connectivity index (χ0n) is 14.8. The molecule has 27 heavy (non-hydrogen) atoms. The molecule has 1 unspecified atom stereocenters. The fourth-order valence-corrected chi connectivity index (χ4v) is 4.11. The van der Waals surface area contributed by atoms with Gasteiger partial charge in [-0.25, -0.2) is 15.0 Å². The fourth-order valence-electron chi connectivity index (χ4n) is 3.88. The number of halogens is 1. The molecule has 2 saturated heterocycles. The average molecular weight is 390 g/mol. The summed E-state index contributed by atoms with van der Waals surface area (Å²) in [4.78, 5) is 22.5. The summed E-state index contributed by atoms with van der Waals surface area (Å²) in [6.07, 6.45) is 2.46. The number of ether oxygens (including phenoxy) is 2. The Morgan fingerprint density at radius 3 is 2.70 bits per heavy atom. The largest absolute Gasteiger partial charge is 0.378 e. The van der Waals surface area contributed by atoms with Crippen molar-refractivity contribution < 1.29 is 9.47 Å². The smallest absolute Gasteiger partial charge is 0.228 e. The average Bonchev–Trinajstić information content (AvgIpc) is 3.07. The van der Waals surface area contributed by atoms with Gasteiger partial charge in [0.05, 0.1) is 43.7 Å². The molecule has 1 atom stereocenters. The number of nitrogen functional groups attached to an aromatic ring is 1. The summed E-state index contributed by atoms with van der Waals surface area (Å²) < 4.78 is 11.1. The molecule has 2 fully saturated rings. The van der Waals surface area contributed by atoms with Crippen LogP contribution in [0.2, 0.25) is 5.15 Å². The van der Waals surface area contributed by atoms with Gasteiger partial charge >= 0.3 is 0 Å². The van der Waals surface area contributed by atoms with Crippen LogP contribution in [0.4, 0.5) is 17.7 Å². The predicted octanol–water partition coefficient (Wildman–Crippen LogP) is 0.767. The Balaban J connectivity index is 1.65. The van der Waals surface area contributed by atoms with Crippen molar-refractivity contribution in [2.45, 2.75) is 12.5 Å². The van der Waals surface area contributed by atoms with E-state index in [1.807, 2.05) is 0 Å². The van der Waals surface area contributed by atoms with E-state index >= 15 is 0 Å². The van der Waals surface area contributed by atoms with Crippen LogP contribution in [0.15, 0.2) is 6.20 Å². The van der Waals surface area contributed by atoms with E-state index < -0.39 is 0 Å². The second kappa shape index (κ2) is 6.74. The van der Waals surface area contributed by atoms with Gasteiger partial charge in [-0.05, 0) is 0 Å². The maximum atomic E-state index is 6.39. The molecular weight excluding hydrogens is 370 g/mol. The molecule has 9 nitrogen and oxygen atoms in total. The third kappa shape index (κ3) is 2.95. The minimum Gasteiger partial charge on any atom is -0.378 e. The maximum Gasteiger partial charge on any atom is 0.228 e. The molecule has 0 aliphatic carbocycles. The van der Waals surface area contributed by atoms with Crippen LogP contribution in [0.5, 0.6) is 0 Å². The molecule has 0 spiro atoms. The third-order valence-electron chi connectivity index (χ3n) is 5.22. The van der Waals surface area contributed by atoms with Gasteiger partial charge in [-0.3, -0.25) is 0 Å². The summed E-state index contributed by atoms with van der Waals surface area (Å²) in [5.41, 5.74) is 8.20. The molecule has 3 aliphatic heterocycles. The molecule has 0 amide bonds. The van der Waals surface area contributed by atoms with E-state index in [0.29, 0.717) is 43.1 Å². The van der Waals surface area contributed by atoms with Gasteiger partial charge in [0.2, 0.25) is 11.9 Å². The molecule has 2 N–H and O–H groups in total. The van der Waals surface area contributed by atoms with Gasteiger partial charge in [-0.15, -0.1) is 0 Å². The molecule has 142 valence electrons. The molecule has 3 aliphatic rings. The van der Waals surface area contributed by atoms with Crippen molar-refractivity contribution in [2.24, 2.45) is 0 Å². The first-order chi connectivity index (χ1) is 13.2. The SMILES string of the molecule is Nc1ncc(-c2nc(N3CCOCC3)nc3c2CC2COCCN32)c(Cl)n1. The summed E-state index contributed by atoms with van der Waals surface area (Å²) in [5.74, 6) is 1.79. The normalized spacial score (nSPS) is 21.9. The molecule has 5 rings (SSSR count). The lowest BCUT2D eigenvalue weighted by Crippen LogP contribution is -2.43. The predicted molar refractivity (Wildman–Crippen MR) is 101 cm³/mol. The van der Waals surface area contributed by atoms with Gasteiger partial charge in [0.1, 0.15) is 11.0 Å². The number of aromatic nitrogens is 4. The van der Waals surface area contributed by atoms with Gasteiger partial charge in [-0.2, -0.15) is 4.98 Å². The van der Waals surface area contributed by atoms with Gasteiger partial charge in [0, 0.05) is 37.8 Å². The second-order valence-corrected chi connectivity index (χ2v) is 7.19. The van der Waals surface area contributed by atoms with Crippen LogP contribution in [0.1, 0.15) is 5.56 Å². The summed E-state index contributed by atoms with van der Waals surface area (Å²) in [7, 11) is 0. The van der Waals surface area contributed by atoms with E-state index in [0.717, 1.165) is 43.1 Å². The topological polar surface area (TPSA) is 103 Å². The van der Waals surface area contributed by atoms with Gasteiger partial charge < -0.3 is 25.0 Å². The standard InChI is InChI=1S/C17H20ClN7O2/c18-14-12(8-20-16(19)22-14)13-11-7-10-9-27-6-3-25(10)15(11)23-17(21-13)24-1-4-26-5-2-24/h8,10H,1-7,9H2,(H2,19,20,22). The highest BCUT2D eigenvalue weighted by Gasteiger charge is 2.37. The highest BCUT2D eigenvalue weighted by Crippen LogP contribution is 2.40. The van der Waals surface area contributed by atoms with Crippen LogP contribution in [0.3, 0.4) is 0 Å². The number of nitrogens with two attached hydrogens (primary N) is 1. The molecule has 10 heteroatoms. The molecule has 0 radical (unpaired) electrons. The van der Waals surface area contributed by atoms with E-state index in [4.69, 9.17) is 36.8 Å². The fraction of sp³-hybridized carbons (Fsp3) is 0.529. The van der Waals surface area contributed by atoms with Crippen molar-refractivity contribution in [1.82, 2.24) is 19.9 Å². The zero-order chi connectivity index (χ0) is 18.4. The number of hydrogen-bond acceptors (Lipinski definition) is 9. The minimum atomic E-state index is 0.147. The zero-order valence-corrected chi connectivity index (χ0v) is 15.5. The van der Waals surface area contributed by atoms with Crippen molar-refractivity contribution in [1.29, 1.82) is 0 Å². The van der Waals surface area contributed by atoms with Crippen molar-refractivity contribution >= 4 is 29.3 Å². The molecule has 5 heterocycles. The van der Waals surface area contributed by atoms with Crippen LogP contribution in [0, 0.1) is 0 Å². The van der Waals surface area contributed by atoms with Crippen molar-refractivity contribution in [2.75, 3.05) is 61.6 Å². The molecule has 0 bridgehead atoms. The molecule has 2 aromatic rings. The molecule has 2 aromatic heterocycles. The van der Waals surface area contributed by atoms with Crippen LogP contribution >= 0.6 is 11.6 Å². The highest BCUT2D eigenvalue weighted by molar-refractivity contribution is 6.32. The third-order valence-corrected chi connectivity index (χ3v) is 5.51. The van der Waals surface area contributed by atoms with Crippen LogP contribution in [0.25, 0.3) is 11.3 Å². The van der Waals surface area contributed by atoms with E-state index in [1.54, 1.807) is 6.20 Å². The van der Waals surface area contributed by atoms with E-state index in [-0.39, 0.29) is 12.0 Å². The van der Waals surface area contributed by atoms with E-state index in [2.05, 4.69) is 19.8 Å². The number of morpholine rings is 2. The summed E-state index contributed by atoms with van der Waals surface area (Å²) in [6.45, 7) is 5.07. The van der Waals surface area contributed by atoms with Crippen molar-refractivity contribution in [3.05, 3.63) is 16.9 Å². The minimum absolute atomic E-state index is 0.147. The Labute approximate surface area is 161 Å². The lowest BCUT2D eigenvalue weighted by atomic mass is 10.1. The number of fused-ring (bicyclic) bond motifs is 3.